The van der Waals surface area contributed by atoms with Gasteiger partial charge in [-0.2, -0.15) is 10.1 Å². The predicted molar refractivity (Wildman–Crippen MR) is 54.0 cm³/mol. The molecule has 0 atom stereocenters. The summed E-state index contributed by atoms with van der Waals surface area (Å²) in [5.74, 6) is 0. The maximum Gasteiger partial charge on any atom is 0.332 e. The first kappa shape index (κ1) is 10.7. The van der Waals surface area contributed by atoms with E-state index in [0.717, 1.165) is 0 Å². The highest BCUT2D eigenvalue weighted by molar-refractivity contribution is 7.15. The lowest BCUT2D eigenvalue weighted by Gasteiger charge is -1.88. The molecule has 0 unspecified atom stereocenters. The number of thiazole rings is 1. The molecule has 0 aliphatic rings. The molecule has 3 N–H and O–H groups in total. The van der Waals surface area contributed by atoms with E-state index in [1.165, 1.54) is 24.7 Å². The lowest BCUT2D eigenvalue weighted by Crippen LogP contribution is -2.24. The van der Waals surface area contributed by atoms with Crippen LogP contribution in [-0.4, -0.2) is 24.3 Å². The number of rotatable bonds is 3. The molecule has 0 radical (unpaired) electrons. The number of primary amides is 1. The number of nitrogens with zero attached hydrogens (tertiary/aromatic N) is 2. The number of nitrogens with one attached hydrogen (secondary N) is 1. The van der Waals surface area contributed by atoms with Crippen molar-refractivity contribution in [2.75, 3.05) is 7.11 Å². The Morgan fingerprint density at radius 2 is 2.57 bits per heavy atom. The van der Waals surface area contributed by atoms with Gasteiger partial charge in [0.2, 0.25) is 0 Å². The zero-order valence-corrected chi connectivity index (χ0v) is 8.72. The number of hydrazone groups is 1. The van der Waals surface area contributed by atoms with E-state index in [9.17, 15) is 4.79 Å². The van der Waals surface area contributed by atoms with E-state index in [1.54, 1.807) is 0 Å². The van der Waals surface area contributed by atoms with Gasteiger partial charge in [0.1, 0.15) is 0 Å². The number of carbonyl (C=O) groups is 1. The minimum atomic E-state index is -0.742. The fraction of sp³-hybridized carbons (Fsp3) is 0.167. The highest BCUT2D eigenvalue weighted by Crippen LogP contribution is 2.26. The molecule has 6 nitrogen and oxygen atoms in total. The molecular formula is C6H7ClN4O2S. The Morgan fingerprint density at radius 1 is 1.86 bits per heavy atom. The molecule has 0 saturated heterocycles. The molecule has 0 spiro atoms. The maximum atomic E-state index is 10.3. The quantitative estimate of drug-likeness (QED) is 0.599. The van der Waals surface area contributed by atoms with Crippen LogP contribution in [0, 0.1) is 0 Å². The standard InChI is InChI=1S/C6H7ClN4O2S/c1-13-6-10-4(7)3(14-6)2-9-11-5(8)12/h2H,1H3,(H3,8,11,12)/b9-2+. The van der Waals surface area contributed by atoms with E-state index in [0.29, 0.717) is 10.1 Å². The minimum absolute atomic E-state index is 0.266. The van der Waals surface area contributed by atoms with Crippen molar-refractivity contribution in [3.8, 4) is 5.19 Å². The third kappa shape index (κ3) is 2.86. The van der Waals surface area contributed by atoms with Crippen LogP contribution in [0.25, 0.3) is 0 Å². The number of hydrogen-bond donors (Lipinski definition) is 2. The van der Waals surface area contributed by atoms with Crippen LogP contribution in [0.4, 0.5) is 4.79 Å². The first-order chi connectivity index (χ1) is 6.63. The summed E-state index contributed by atoms with van der Waals surface area (Å²) in [4.78, 5) is 14.7. The SMILES string of the molecule is COc1nc(Cl)c(/C=N/NC(N)=O)s1. The minimum Gasteiger partial charge on any atom is -0.473 e. The molecule has 0 aromatic carbocycles. The molecule has 14 heavy (non-hydrogen) atoms. The van der Waals surface area contributed by atoms with Crippen molar-refractivity contribution in [1.82, 2.24) is 10.4 Å². The van der Waals surface area contributed by atoms with Gasteiger partial charge in [0, 0.05) is 0 Å². The summed E-state index contributed by atoms with van der Waals surface area (Å²) in [5, 5.41) is 4.22. The lowest BCUT2D eigenvalue weighted by molar-refractivity contribution is 0.249. The van der Waals surface area contributed by atoms with Crippen LogP contribution in [0.2, 0.25) is 5.15 Å². The maximum absolute atomic E-state index is 10.3. The summed E-state index contributed by atoms with van der Waals surface area (Å²) < 4.78 is 4.85. The second kappa shape index (κ2) is 4.77. The van der Waals surface area contributed by atoms with E-state index in [1.807, 2.05) is 5.43 Å². The Hall–Kier alpha value is -1.34. The van der Waals surface area contributed by atoms with Gasteiger partial charge in [-0.1, -0.05) is 22.9 Å². The topological polar surface area (TPSA) is 89.6 Å². The first-order valence-corrected chi connectivity index (χ1v) is 4.61. The Balaban J connectivity index is 2.70. The first-order valence-electron chi connectivity index (χ1n) is 3.42. The molecule has 76 valence electrons. The molecule has 2 amide bonds. The summed E-state index contributed by atoms with van der Waals surface area (Å²) >= 11 is 6.93. The molecule has 0 aliphatic heterocycles. The van der Waals surface area contributed by atoms with Crippen molar-refractivity contribution in [3.63, 3.8) is 0 Å². The average molecular weight is 235 g/mol. The number of hydrogen-bond acceptors (Lipinski definition) is 5. The second-order valence-corrected chi connectivity index (χ2v) is 3.42. The summed E-state index contributed by atoms with van der Waals surface area (Å²) in [6, 6.07) is -0.742. The number of urea groups is 1. The third-order valence-electron chi connectivity index (χ3n) is 1.12. The highest BCUT2D eigenvalue weighted by atomic mass is 35.5. The van der Waals surface area contributed by atoms with Gasteiger partial charge in [-0.25, -0.2) is 10.2 Å². The van der Waals surface area contributed by atoms with Crippen molar-refractivity contribution in [2.45, 2.75) is 0 Å². The summed E-state index contributed by atoms with van der Waals surface area (Å²) in [6.07, 6.45) is 1.34. The van der Waals surface area contributed by atoms with E-state index in [4.69, 9.17) is 22.1 Å². The molecule has 0 fully saturated rings. The van der Waals surface area contributed by atoms with E-state index >= 15 is 0 Å². The van der Waals surface area contributed by atoms with Crippen LogP contribution in [0.3, 0.4) is 0 Å². The van der Waals surface area contributed by atoms with Crippen LogP contribution in [-0.2, 0) is 0 Å². The fourth-order valence-electron chi connectivity index (χ4n) is 0.616. The van der Waals surface area contributed by atoms with Gasteiger partial charge < -0.3 is 10.5 Å². The number of halogens is 1. The average Bonchev–Trinajstić information content (AvgIpc) is 2.47. The molecule has 0 bridgehead atoms. The number of carbonyl (C=O) groups excluding carboxylic acids is 1. The molecule has 8 heteroatoms. The van der Waals surface area contributed by atoms with Gasteiger partial charge >= 0.3 is 6.03 Å². The fourth-order valence-corrected chi connectivity index (χ4v) is 1.55. The van der Waals surface area contributed by atoms with Gasteiger partial charge in [-0.15, -0.1) is 0 Å². The Morgan fingerprint density at radius 3 is 3.07 bits per heavy atom. The monoisotopic (exact) mass is 234 g/mol. The highest BCUT2D eigenvalue weighted by Gasteiger charge is 2.06. The molecule has 1 heterocycles. The number of ether oxygens (including phenoxy) is 1. The molecule has 1 aromatic rings. The van der Waals surface area contributed by atoms with Gasteiger partial charge in [0.15, 0.2) is 5.15 Å². The molecule has 1 rings (SSSR count). The van der Waals surface area contributed by atoms with Gasteiger partial charge in [-0.05, 0) is 0 Å². The van der Waals surface area contributed by atoms with Crippen LogP contribution < -0.4 is 15.9 Å². The van der Waals surface area contributed by atoms with E-state index < -0.39 is 6.03 Å². The summed E-state index contributed by atoms with van der Waals surface area (Å²) in [5.41, 5.74) is 6.83. The van der Waals surface area contributed by atoms with Gasteiger partial charge in [-0.3, -0.25) is 0 Å². The number of amides is 2. The second-order valence-electron chi connectivity index (χ2n) is 2.07. The van der Waals surface area contributed by atoms with Crippen LogP contribution in [0.5, 0.6) is 5.19 Å². The van der Waals surface area contributed by atoms with Crippen LogP contribution >= 0.6 is 22.9 Å². The number of nitrogens with two attached hydrogens (primary N) is 1. The van der Waals surface area contributed by atoms with Crippen molar-refractivity contribution < 1.29 is 9.53 Å². The van der Waals surface area contributed by atoms with Crippen molar-refractivity contribution in [2.24, 2.45) is 10.8 Å². The Bertz CT molecular complexity index is 365. The van der Waals surface area contributed by atoms with Gasteiger partial charge in [0.05, 0.1) is 18.2 Å². The van der Waals surface area contributed by atoms with Crippen molar-refractivity contribution in [1.29, 1.82) is 0 Å². The zero-order valence-electron chi connectivity index (χ0n) is 7.15. The summed E-state index contributed by atoms with van der Waals surface area (Å²) in [6.45, 7) is 0. The Kier molecular flexibility index (Phi) is 3.66. The number of methoxy groups -OCH3 is 1. The van der Waals surface area contributed by atoms with Crippen LogP contribution in [0.1, 0.15) is 4.88 Å². The third-order valence-corrected chi connectivity index (χ3v) is 2.47. The lowest BCUT2D eigenvalue weighted by atomic mass is 10.6. The Labute approximate surface area is 88.7 Å². The smallest absolute Gasteiger partial charge is 0.332 e. The molecule has 0 aliphatic carbocycles. The van der Waals surface area contributed by atoms with Crippen LogP contribution in [0.15, 0.2) is 5.10 Å². The normalized spacial score (nSPS) is 10.4. The number of aromatic nitrogens is 1. The predicted octanol–water partition coefficient (Wildman–Crippen LogP) is 0.807. The molecule has 0 saturated carbocycles. The van der Waals surface area contributed by atoms with Crippen molar-refractivity contribution >= 4 is 35.2 Å². The van der Waals surface area contributed by atoms with Crippen molar-refractivity contribution in [3.05, 3.63) is 10.0 Å². The largest absolute Gasteiger partial charge is 0.473 e. The molecule has 1 aromatic heterocycles. The van der Waals surface area contributed by atoms with Gasteiger partial charge in [0.25, 0.3) is 5.19 Å². The zero-order chi connectivity index (χ0) is 10.6. The summed E-state index contributed by atoms with van der Waals surface area (Å²) in [7, 11) is 1.48. The van der Waals surface area contributed by atoms with E-state index in [-0.39, 0.29) is 5.15 Å². The van der Waals surface area contributed by atoms with E-state index in [2.05, 4.69) is 10.1 Å². The molecular weight excluding hydrogens is 228 g/mol.